The van der Waals surface area contributed by atoms with Gasteiger partial charge in [-0.2, -0.15) is 0 Å². The Kier molecular flexibility index (Phi) is 9.03. The molecule has 2 unspecified atom stereocenters. The van der Waals surface area contributed by atoms with Gasteiger partial charge < -0.3 is 14.8 Å². The van der Waals surface area contributed by atoms with Crippen LogP contribution in [0.25, 0.3) is 0 Å². The van der Waals surface area contributed by atoms with Gasteiger partial charge in [0.25, 0.3) is 0 Å². The number of unbranched alkanes of at least 4 members (excludes halogenated alkanes) is 1. The van der Waals surface area contributed by atoms with E-state index < -0.39 is 29.4 Å². The zero-order chi connectivity index (χ0) is 23.8. The van der Waals surface area contributed by atoms with E-state index in [-0.39, 0.29) is 6.61 Å². The fourth-order valence-corrected chi connectivity index (χ4v) is 5.11. The standard InChI is InChI=1S/C24H27ClN2O5S/c1-3-5-14-32-23(29)20-15-33-21(18-8-6-7-9-19(18)25)27(20)24(30)26-17-12-10-16(11-13-17)22(28)31-4-2/h6-13,20-21H,3-5,14-15H2,1-2H3,(H,26,30). The van der Waals surface area contributed by atoms with Crippen molar-refractivity contribution in [1.82, 2.24) is 4.90 Å². The molecule has 7 nitrogen and oxygen atoms in total. The number of esters is 2. The molecule has 1 N–H and O–H groups in total. The zero-order valence-corrected chi connectivity index (χ0v) is 20.2. The molecule has 0 bridgehead atoms. The molecule has 1 heterocycles. The number of anilines is 1. The minimum Gasteiger partial charge on any atom is -0.464 e. The van der Waals surface area contributed by atoms with Gasteiger partial charge in [-0.1, -0.05) is 43.1 Å². The normalized spacial score (nSPS) is 17.5. The summed E-state index contributed by atoms with van der Waals surface area (Å²) >= 11 is 7.87. The molecule has 2 atom stereocenters. The molecule has 1 aliphatic heterocycles. The van der Waals surface area contributed by atoms with Crippen LogP contribution in [0.1, 0.15) is 48.0 Å². The van der Waals surface area contributed by atoms with Crippen molar-refractivity contribution >= 4 is 47.0 Å². The number of benzene rings is 2. The predicted molar refractivity (Wildman–Crippen MR) is 130 cm³/mol. The fourth-order valence-electron chi connectivity index (χ4n) is 3.36. The Morgan fingerprint density at radius 3 is 2.48 bits per heavy atom. The minimum absolute atomic E-state index is 0.281. The van der Waals surface area contributed by atoms with Gasteiger partial charge in [-0.15, -0.1) is 11.8 Å². The van der Waals surface area contributed by atoms with Crippen LogP contribution in [0.5, 0.6) is 0 Å². The Morgan fingerprint density at radius 2 is 1.82 bits per heavy atom. The molecular weight excluding hydrogens is 464 g/mol. The number of rotatable bonds is 8. The number of ether oxygens (including phenoxy) is 2. The van der Waals surface area contributed by atoms with Crippen LogP contribution in [0.3, 0.4) is 0 Å². The van der Waals surface area contributed by atoms with E-state index in [2.05, 4.69) is 5.32 Å². The van der Waals surface area contributed by atoms with Crippen LogP contribution in [0.4, 0.5) is 10.5 Å². The first-order valence-electron chi connectivity index (χ1n) is 10.8. The van der Waals surface area contributed by atoms with Gasteiger partial charge in [0.1, 0.15) is 11.4 Å². The molecule has 0 spiro atoms. The number of hydrogen-bond donors (Lipinski definition) is 1. The Balaban J connectivity index is 1.81. The second-order valence-electron chi connectivity index (χ2n) is 7.38. The molecule has 1 aliphatic rings. The lowest BCUT2D eigenvalue weighted by molar-refractivity contribution is -0.148. The van der Waals surface area contributed by atoms with Gasteiger partial charge >= 0.3 is 18.0 Å². The van der Waals surface area contributed by atoms with Gasteiger partial charge in [-0.05, 0) is 43.7 Å². The maximum absolute atomic E-state index is 13.3. The molecule has 33 heavy (non-hydrogen) atoms. The monoisotopic (exact) mass is 490 g/mol. The highest BCUT2D eigenvalue weighted by Crippen LogP contribution is 2.44. The van der Waals surface area contributed by atoms with Crippen LogP contribution in [-0.2, 0) is 14.3 Å². The van der Waals surface area contributed by atoms with E-state index in [1.165, 1.54) is 16.7 Å². The third kappa shape index (κ3) is 6.21. The molecule has 2 aromatic rings. The van der Waals surface area contributed by atoms with Gasteiger partial charge in [0, 0.05) is 22.0 Å². The highest BCUT2D eigenvalue weighted by Gasteiger charge is 2.44. The third-order valence-corrected chi connectivity index (χ3v) is 6.72. The summed E-state index contributed by atoms with van der Waals surface area (Å²) in [5, 5.41) is 2.90. The van der Waals surface area contributed by atoms with Crippen LogP contribution in [0, 0.1) is 0 Å². The van der Waals surface area contributed by atoms with E-state index in [4.69, 9.17) is 21.1 Å². The highest BCUT2D eigenvalue weighted by atomic mass is 35.5. The molecule has 1 fully saturated rings. The van der Waals surface area contributed by atoms with Crippen molar-refractivity contribution in [2.24, 2.45) is 0 Å². The summed E-state index contributed by atoms with van der Waals surface area (Å²) in [5.41, 5.74) is 1.62. The van der Waals surface area contributed by atoms with Crippen molar-refractivity contribution in [2.75, 3.05) is 24.3 Å². The number of nitrogens with zero attached hydrogens (tertiary/aromatic N) is 1. The molecule has 3 rings (SSSR count). The van der Waals surface area contributed by atoms with Gasteiger partial charge in [0.05, 0.1) is 18.8 Å². The van der Waals surface area contributed by atoms with Gasteiger partial charge in [0.2, 0.25) is 0 Å². The molecule has 2 aromatic carbocycles. The summed E-state index contributed by atoms with van der Waals surface area (Å²) in [4.78, 5) is 39.5. The average Bonchev–Trinajstić information content (AvgIpc) is 3.25. The lowest BCUT2D eigenvalue weighted by Crippen LogP contribution is -2.46. The zero-order valence-electron chi connectivity index (χ0n) is 18.6. The van der Waals surface area contributed by atoms with Crippen LogP contribution < -0.4 is 5.32 Å². The number of amides is 2. The molecule has 2 amide bonds. The van der Waals surface area contributed by atoms with Crippen molar-refractivity contribution in [1.29, 1.82) is 0 Å². The quantitative estimate of drug-likeness (QED) is 0.388. The molecule has 9 heteroatoms. The van der Waals surface area contributed by atoms with Crippen LogP contribution >= 0.6 is 23.4 Å². The summed E-state index contributed by atoms with van der Waals surface area (Å²) in [5.74, 6) is -0.464. The van der Waals surface area contributed by atoms with Crippen LogP contribution in [-0.4, -0.2) is 47.9 Å². The number of hydrogen-bond acceptors (Lipinski definition) is 6. The van der Waals surface area contributed by atoms with Crippen molar-refractivity contribution in [3.05, 3.63) is 64.7 Å². The summed E-state index contributed by atoms with van der Waals surface area (Å²) in [6, 6.07) is 12.5. The van der Waals surface area contributed by atoms with E-state index in [0.717, 1.165) is 18.4 Å². The first-order valence-corrected chi connectivity index (χ1v) is 12.3. The number of halogens is 1. The van der Waals surface area contributed by atoms with E-state index in [9.17, 15) is 14.4 Å². The average molecular weight is 491 g/mol. The summed E-state index contributed by atoms with van der Waals surface area (Å²) in [6.45, 7) is 4.35. The Morgan fingerprint density at radius 1 is 1.09 bits per heavy atom. The number of urea groups is 1. The lowest BCUT2D eigenvalue weighted by atomic mass is 10.1. The lowest BCUT2D eigenvalue weighted by Gasteiger charge is -2.29. The van der Waals surface area contributed by atoms with Gasteiger partial charge in [0.15, 0.2) is 0 Å². The number of carbonyl (C=O) groups is 3. The van der Waals surface area contributed by atoms with Crippen molar-refractivity contribution in [2.45, 2.75) is 38.1 Å². The second-order valence-corrected chi connectivity index (χ2v) is 8.90. The second kappa shape index (κ2) is 12.0. The van der Waals surface area contributed by atoms with E-state index in [0.29, 0.717) is 28.6 Å². The number of carbonyl (C=O) groups excluding carboxylic acids is 3. The topological polar surface area (TPSA) is 84.9 Å². The molecular formula is C24H27ClN2O5S. The van der Waals surface area contributed by atoms with Crippen LogP contribution in [0.2, 0.25) is 5.02 Å². The highest BCUT2D eigenvalue weighted by molar-refractivity contribution is 7.99. The minimum atomic E-state index is -0.744. The molecule has 176 valence electrons. The SMILES string of the molecule is CCCCOC(=O)C1CSC(c2ccccc2Cl)N1C(=O)Nc1ccc(C(=O)OCC)cc1. The Bertz CT molecular complexity index is 985. The molecule has 1 saturated heterocycles. The van der Waals surface area contributed by atoms with E-state index in [1.807, 2.05) is 25.1 Å². The van der Waals surface area contributed by atoms with E-state index >= 15 is 0 Å². The first-order chi connectivity index (χ1) is 16.0. The third-order valence-electron chi connectivity index (χ3n) is 5.07. The summed E-state index contributed by atoms with van der Waals surface area (Å²) in [6.07, 6.45) is 1.67. The molecule has 0 aromatic heterocycles. The molecule has 0 radical (unpaired) electrons. The number of thioether (sulfide) groups is 1. The molecule has 0 saturated carbocycles. The van der Waals surface area contributed by atoms with Crippen molar-refractivity contribution in [3.63, 3.8) is 0 Å². The number of nitrogens with one attached hydrogen (secondary N) is 1. The Labute approximate surface area is 202 Å². The fraction of sp³-hybridized carbons (Fsp3) is 0.375. The smallest absolute Gasteiger partial charge is 0.338 e. The van der Waals surface area contributed by atoms with Crippen molar-refractivity contribution < 1.29 is 23.9 Å². The summed E-state index contributed by atoms with van der Waals surface area (Å²) in [7, 11) is 0. The maximum Gasteiger partial charge on any atom is 0.338 e. The first kappa shape index (κ1) is 24.9. The largest absolute Gasteiger partial charge is 0.464 e. The summed E-state index contributed by atoms with van der Waals surface area (Å²) < 4.78 is 10.4. The van der Waals surface area contributed by atoms with Crippen molar-refractivity contribution in [3.8, 4) is 0 Å². The molecule has 0 aliphatic carbocycles. The van der Waals surface area contributed by atoms with Crippen LogP contribution in [0.15, 0.2) is 48.5 Å². The maximum atomic E-state index is 13.3. The Hall–Kier alpha value is -2.71. The van der Waals surface area contributed by atoms with Gasteiger partial charge in [-0.3, -0.25) is 4.90 Å². The van der Waals surface area contributed by atoms with E-state index in [1.54, 1.807) is 37.3 Å². The van der Waals surface area contributed by atoms with Gasteiger partial charge in [-0.25, -0.2) is 14.4 Å². The predicted octanol–water partition coefficient (Wildman–Crippen LogP) is 5.51.